The van der Waals surface area contributed by atoms with Crippen LogP contribution in [0.25, 0.3) is 0 Å². The van der Waals surface area contributed by atoms with Gasteiger partial charge in [-0.2, -0.15) is 0 Å². The van der Waals surface area contributed by atoms with Crippen molar-refractivity contribution in [3.05, 3.63) is 47.9 Å². The minimum absolute atomic E-state index is 0.223. The van der Waals surface area contributed by atoms with Crippen molar-refractivity contribution < 1.29 is 9.21 Å². The molecule has 1 fully saturated rings. The number of rotatable bonds is 4. The van der Waals surface area contributed by atoms with E-state index in [-0.39, 0.29) is 5.91 Å². The van der Waals surface area contributed by atoms with E-state index in [9.17, 15) is 4.79 Å². The normalized spacial score (nSPS) is 15.7. The second-order valence-electron chi connectivity index (χ2n) is 5.85. The van der Waals surface area contributed by atoms with Crippen LogP contribution in [0.15, 0.2) is 41.0 Å². The number of benzene rings is 1. The molecule has 5 heteroatoms. The summed E-state index contributed by atoms with van der Waals surface area (Å²) in [5, 5.41) is 2.87. The van der Waals surface area contributed by atoms with Gasteiger partial charge < -0.3 is 19.5 Å². The molecular weight excluding hydrogens is 290 g/mol. The predicted molar refractivity (Wildman–Crippen MR) is 92.2 cm³/mol. The summed E-state index contributed by atoms with van der Waals surface area (Å²) in [5.41, 5.74) is 3.21. The van der Waals surface area contributed by atoms with Crippen molar-refractivity contribution in [3.63, 3.8) is 0 Å². The zero-order valence-corrected chi connectivity index (χ0v) is 13.7. The van der Waals surface area contributed by atoms with Crippen LogP contribution < -0.4 is 10.2 Å². The molecule has 0 bridgehead atoms. The Morgan fingerprint density at radius 2 is 2.00 bits per heavy atom. The average molecular weight is 313 g/mol. The lowest BCUT2D eigenvalue weighted by Gasteiger charge is -2.36. The highest BCUT2D eigenvalue weighted by molar-refractivity contribution is 6.02. The SMILES string of the molecule is CCN1CCN(c2ccc(NC(=O)c3ccco3)cc2C)CC1. The summed E-state index contributed by atoms with van der Waals surface area (Å²) in [6.45, 7) is 9.71. The van der Waals surface area contributed by atoms with Gasteiger partial charge in [0.2, 0.25) is 0 Å². The number of carbonyl (C=O) groups excluding carboxylic acids is 1. The van der Waals surface area contributed by atoms with Gasteiger partial charge in [0.1, 0.15) is 0 Å². The van der Waals surface area contributed by atoms with Crippen LogP contribution in [0.3, 0.4) is 0 Å². The molecule has 0 saturated carbocycles. The van der Waals surface area contributed by atoms with Gasteiger partial charge in [0.25, 0.3) is 5.91 Å². The monoisotopic (exact) mass is 313 g/mol. The van der Waals surface area contributed by atoms with Crippen LogP contribution in [-0.4, -0.2) is 43.5 Å². The molecule has 1 aromatic carbocycles. The summed E-state index contributed by atoms with van der Waals surface area (Å²) in [6.07, 6.45) is 1.50. The molecule has 1 aliphatic heterocycles. The number of aryl methyl sites for hydroxylation is 1. The first-order chi connectivity index (χ1) is 11.2. The summed E-state index contributed by atoms with van der Waals surface area (Å²) >= 11 is 0. The second-order valence-corrected chi connectivity index (χ2v) is 5.85. The van der Waals surface area contributed by atoms with E-state index in [2.05, 4.69) is 35.0 Å². The van der Waals surface area contributed by atoms with Gasteiger partial charge in [-0.3, -0.25) is 4.79 Å². The Labute approximate surface area is 136 Å². The van der Waals surface area contributed by atoms with Crippen molar-refractivity contribution in [2.45, 2.75) is 13.8 Å². The molecule has 1 aliphatic rings. The molecule has 0 radical (unpaired) electrons. The highest BCUT2D eigenvalue weighted by atomic mass is 16.3. The van der Waals surface area contributed by atoms with Crippen LogP contribution in [0.1, 0.15) is 23.0 Å². The number of hydrogen-bond acceptors (Lipinski definition) is 4. The molecule has 1 aromatic heterocycles. The Balaban J connectivity index is 1.67. The van der Waals surface area contributed by atoms with Crippen molar-refractivity contribution >= 4 is 17.3 Å². The summed E-state index contributed by atoms with van der Waals surface area (Å²) in [7, 11) is 0. The van der Waals surface area contributed by atoms with Gasteiger partial charge in [-0.1, -0.05) is 6.92 Å². The van der Waals surface area contributed by atoms with E-state index in [1.165, 1.54) is 17.5 Å². The third kappa shape index (κ3) is 3.56. The lowest BCUT2D eigenvalue weighted by Crippen LogP contribution is -2.46. The Kier molecular flexibility index (Phi) is 4.67. The molecule has 0 unspecified atom stereocenters. The Hall–Kier alpha value is -2.27. The van der Waals surface area contributed by atoms with Crippen LogP contribution in [0.4, 0.5) is 11.4 Å². The van der Waals surface area contributed by atoms with Gasteiger partial charge in [0.05, 0.1) is 6.26 Å². The quantitative estimate of drug-likeness (QED) is 0.943. The van der Waals surface area contributed by atoms with Crippen molar-refractivity contribution in [2.24, 2.45) is 0 Å². The number of amides is 1. The minimum atomic E-state index is -0.223. The van der Waals surface area contributed by atoms with Gasteiger partial charge >= 0.3 is 0 Å². The number of likely N-dealkylation sites (N-methyl/N-ethyl adjacent to an activating group) is 1. The van der Waals surface area contributed by atoms with E-state index in [1.807, 2.05) is 12.1 Å². The summed E-state index contributed by atoms with van der Waals surface area (Å²) in [5.74, 6) is 0.0983. The summed E-state index contributed by atoms with van der Waals surface area (Å²) in [6, 6.07) is 9.43. The molecule has 5 nitrogen and oxygen atoms in total. The van der Waals surface area contributed by atoms with Gasteiger partial charge in [0.15, 0.2) is 5.76 Å². The highest BCUT2D eigenvalue weighted by Crippen LogP contribution is 2.25. The van der Waals surface area contributed by atoms with Crippen LogP contribution in [0.5, 0.6) is 0 Å². The summed E-state index contributed by atoms with van der Waals surface area (Å²) < 4.78 is 5.11. The standard InChI is InChI=1S/C18H23N3O2/c1-3-20-8-10-21(11-9-20)16-7-6-15(13-14(16)2)19-18(22)17-5-4-12-23-17/h4-7,12-13H,3,8-11H2,1-2H3,(H,19,22). The van der Waals surface area contributed by atoms with E-state index in [0.717, 1.165) is 38.4 Å². The molecule has 2 aromatic rings. The first-order valence-electron chi connectivity index (χ1n) is 8.10. The molecule has 0 aliphatic carbocycles. The number of hydrogen-bond donors (Lipinski definition) is 1. The fraction of sp³-hybridized carbons (Fsp3) is 0.389. The largest absolute Gasteiger partial charge is 0.459 e. The molecule has 0 atom stereocenters. The van der Waals surface area contributed by atoms with Gasteiger partial charge in [-0.25, -0.2) is 0 Å². The Bertz CT molecular complexity index is 659. The lowest BCUT2D eigenvalue weighted by atomic mass is 10.1. The fourth-order valence-corrected chi connectivity index (χ4v) is 2.99. The van der Waals surface area contributed by atoms with Gasteiger partial charge in [0, 0.05) is 37.6 Å². The van der Waals surface area contributed by atoms with E-state index in [4.69, 9.17) is 4.42 Å². The van der Waals surface area contributed by atoms with E-state index < -0.39 is 0 Å². The maximum absolute atomic E-state index is 12.0. The number of piperazine rings is 1. The molecule has 2 heterocycles. The molecule has 122 valence electrons. The average Bonchev–Trinajstić information content (AvgIpc) is 3.10. The second kappa shape index (κ2) is 6.87. The fourth-order valence-electron chi connectivity index (χ4n) is 2.99. The van der Waals surface area contributed by atoms with Crippen molar-refractivity contribution in [2.75, 3.05) is 42.9 Å². The van der Waals surface area contributed by atoms with Crippen molar-refractivity contribution in [3.8, 4) is 0 Å². The Morgan fingerprint density at radius 1 is 1.22 bits per heavy atom. The predicted octanol–water partition coefficient (Wildman–Crippen LogP) is 2.98. The molecule has 0 spiro atoms. The molecular formula is C18H23N3O2. The molecule has 3 rings (SSSR count). The maximum atomic E-state index is 12.0. The van der Waals surface area contributed by atoms with Crippen LogP contribution in [-0.2, 0) is 0 Å². The molecule has 1 N–H and O–H groups in total. The molecule has 1 amide bonds. The lowest BCUT2D eigenvalue weighted by molar-refractivity contribution is 0.0996. The van der Waals surface area contributed by atoms with Crippen LogP contribution in [0.2, 0.25) is 0 Å². The van der Waals surface area contributed by atoms with E-state index >= 15 is 0 Å². The number of anilines is 2. The van der Waals surface area contributed by atoms with E-state index in [0.29, 0.717) is 5.76 Å². The maximum Gasteiger partial charge on any atom is 0.291 e. The van der Waals surface area contributed by atoms with Crippen molar-refractivity contribution in [1.29, 1.82) is 0 Å². The first kappa shape index (κ1) is 15.6. The number of nitrogens with zero attached hydrogens (tertiary/aromatic N) is 2. The van der Waals surface area contributed by atoms with Crippen LogP contribution in [0, 0.1) is 6.92 Å². The topological polar surface area (TPSA) is 48.7 Å². The molecule has 1 saturated heterocycles. The molecule has 23 heavy (non-hydrogen) atoms. The third-order valence-corrected chi connectivity index (χ3v) is 4.36. The van der Waals surface area contributed by atoms with Crippen LogP contribution >= 0.6 is 0 Å². The highest BCUT2D eigenvalue weighted by Gasteiger charge is 2.17. The zero-order chi connectivity index (χ0) is 16.2. The Morgan fingerprint density at radius 3 is 2.61 bits per heavy atom. The third-order valence-electron chi connectivity index (χ3n) is 4.36. The number of carbonyl (C=O) groups is 1. The van der Waals surface area contributed by atoms with Gasteiger partial charge in [-0.05, 0) is 49.4 Å². The first-order valence-corrected chi connectivity index (χ1v) is 8.10. The summed E-state index contributed by atoms with van der Waals surface area (Å²) in [4.78, 5) is 16.9. The van der Waals surface area contributed by atoms with Gasteiger partial charge in [-0.15, -0.1) is 0 Å². The van der Waals surface area contributed by atoms with E-state index in [1.54, 1.807) is 12.1 Å². The number of furan rings is 1. The number of nitrogens with one attached hydrogen (secondary N) is 1. The van der Waals surface area contributed by atoms with Crippen molar-refractivity contribution in [1.82, 2.24) is 4.90 Å². The zero-order valence-electron chi connectivity index (χ0n) is 13.7. The minimum Gasteiger partial charge on any atom is -0.459 e. The smallest absolute Gasteiger partial charge is 0.291 e.